The van der Waals surface area contributed by atoms with Crippen molar-refractivity contribution in [2.45, 2.75) is 34.6 Å². The highest BCUT2D eigenvalue weighted by atomic mass is 15.0. The van der Waals surface area contributed by atoms with Crippen molar-refractivity contribution in [1.82, 2.24) is 4.98 Å². The molecule has 1 unspecified atom stereocenters. The maximum Gasteiger partial charge on any atom is 0.129 e. The van der Waals surface area contributed by atoms with Crippen LogP contribution in [0.2, 0.25) is 0 Å². The first-order chi connectivity index (χ1) is 8.88. The second-order valence-corrected chi connectivity index (χ2v) is 6.49. The zero-order valence-corrected chi connectivity index (χ0v) is 12.6. The minimum absolute atomic E-state index is 0.317. The molecule has 0 aliphatic carbocycles. The Labute approximate surface area is 116 Å². The number of anilines is 1. The first-order valence-electron chi connectivity index (χ1n) is 6.98. The predicted octanol–water partition coefficient (Wildman–Crippen LogP) is 4.64. The van der Waals surface area contributed by atoms with Gasteiger partial charge >= 0.3 is 0 Å². The molecule has 2 nitrogen and oxygen atoms in total. The van der Waals surface area contributed by atoms with E-state index in [1.165, 1.54) is 10.9 Å². The molecule has 0 bridgehead atoms. The van der Waals surface area contributed by atoms with Crippen LogP contribution >= 0.6 is 0 Å². The van der Waals surface area contributed by atoms with Gasteiger partial charge in [0.1, 0.15) is 5.82 Å². The van der Waals surface area contributed by atoms with Crippen LogP contribution in [0.4, 0.5) is 5.82 Å². The molecule has 102 valence electrons. The van der Waals surface area contributed by atoms with E-state index in [2.05, 4.69) is 64.2 Å². The minimum Gasteiger partial charge on any atom is -0.370 e. The SMILES string of the molecule is Cc1cc2ccccc2nc1NCC(C)C(C)(C)C. The molecule has 0 amide bonds. The van der Waals surface area contributed by atoms with Crippen LogP contribution in [-0.2, 0) is 0 Å². The predicted molar refractivity (Wildman–Crippen MR) is 83.6 cm³/mol. The summed E-state index contributed by atoms with van der Waals surface area (Å²) in [6, 6.07) is 10.5. The summed E-state index contributed by atoms with van der Waals surface area (Å²) in [6.45, 7) is 12.2. The quantitative estimate of drug-likeness (QED) is 0.865. The van der Waals surface area contributed by atoms with Crippen molar-refractivity contribution in [2.75, 3.05) is 11.9 Å². The fourth-order valence-electron chi connectivity index (χ4n) is 1.96. The monoisotopic (exact) mass is 256 g/mol. The largest absolute Gasteiger partial charge is 0.370 e. The lowest BCUT2D eigenvalue weighted by Gasteiger charge is -2.27. The highest BCUT2D eigenvalue weighted by Gasteiger charge is 2.19. The third kappa shape index (κ3) is 3.25. The van der Waals surface area contributed by atoms with Crippen molar-refractivity contribution >= 4 is 16.7 Å². The molecule has 2 aromatic rings. The van der Waals surface area contributed by atoms with Gasteiger partial charge in [0.2, 0.25) is 0 Å². The number of benzene rings is 1. The van der Waals surface area contributed by atoms with Gasteiger partial charge in [0.15, 0.2) is 0 Å². The lowest BCUT2D eigenvalue weighted by atomic mass is 9.82. The van der Waals surface area contributed by atoms with E-state index in [0.29, 0.717) is 11.3 Å². The van der Waals surface area contributed by atoms with Crippen molar-refractivity contribution in [3.05, 3.63) is 35.9 Å². The van der Waals surface area contributed by atoms with Gasteiger partial charge < -0.3 is 5.32 Å². The standard InChI is InChI=1S/C17H24N2/c1-12-10-14-8-6-7-9-15(14)19-16(12)18-11-13(2)17(3,4)5/h6-10,13H,11H2,1-5H3,(H,18,19). The average Bonchev–Trinajstić information content (AvgIpc) is 2.34. The Morgan fingerprint density at radius 2 is 1.89 bits per heavy atom. The van der Waals surface area contributed by atoms with Crippen LogP contribution < -0.4 is 5.32 Å². The van der Waals surface area contributed by atoms with Gasteiger partial charge in [-0.1, -0.05) is 45.9 Å². The molecule has 2 heteroatoms. The number of rotatable bonds is 3. The molecule has 1 aromatic carbocycles. The number of aromatic nitrogens is 1. The van der Waals surface area contributed by atoms with E-state index < -0.39 is 0 Å². The lowest BCUT2D eigenvalue weighted by Crippen LogP contribution is -2.25. The molecule has 0 radical (unpaired) electrons. The number of fused-ring (bicyclic) bond motifs is 1. The summed E-state index contributed by atoms with van der Waals surface area (Å²) in [4.78, 5) is 4.72. The smallest absolute Gasteiger partial charge is 0.129 e. The molecule has 19 heavy (non-hydrogen) atoms. The normalized spacial score (nSPS) is 13.5. The topological polar surface area (TPSA) is 24.9 Å². The van der Waals surface area contributed by atoms with Gasteiger partial charge in [-0.2, -0.15) is 0 Å². The van der Waals surface area contributed by atoms with E-state index in [1.807, 2.05) is 6.07 Å². The van der Waals surface area contributed by atoms with E-state index in [4.69, 9.17) is 4.98 Å². The maximum atomic E-state index is 4.72. The number of aryl methyl sites for hydroxylation is 1. The van der Waals surface area contributed by atoms with E-state index in [-0.39, 0.29) is 0 Å². The number of para-hydroxylation sites is 1. The van der Waals surface area contributed by atoms with E-state index in [0.717, 1.165) is 17.9 Å². The molecular weight excluding hydrogens is 232 g/mol. The van der Waals surface area contributed by atoms with E-state index in [1.54, 1.807) is 0 Å². The molecule has 2 rings (SSSR count). The van der Waals surface area contributed by atoms with Gasteiger partial charge in [0.25, 0.3) is 0 Å². The van der Waals surface area contributed by atoms with Crippen LogP contribution in [0.1, 0.15) is 33.3 Å². The molecule has 0 fully saturated rings. The van der Waals surface area contributed by atoms with Crippen molar-refractivity contribution in [3.63, 3.8) is 0 Å². The van der Waals surface area contributed by atoms with E-state index >= 15 is 0 Å². The van der Waals surface area contributed by atoms with Crippen LogP contribution in [0, 0.1) is 18.3 Å². The van der Waals surface area contributed by atoms with Gasteiger partial charge in [0, 0.05) is 11.9 Å². The van der Waals surface area contributed by atoms with Crippen molar-refractivity contribution in [3.8, 4) is 0 Å². The number of hydrogen-bond donors (Lipinski definition) is 1. The number of pyridine rings is 1. The molecule has 0 saturated carbocycles. The van der Waals surface area contributed by atoms with Crippen LogP contribution in [0.5, 0.6) is 0 Å². The summed E-state index contributed by atoms with van der Waals surface area (Å²) in [7, 11) is 0. The van der Waals surface area contributed by atoms with Crippen LogP contribution in [0.3, 0.4) is 0 Å². The minimum atomic E-state index is 0.317. The third-order valence-corrected chi connectivity index (χ3v) is 3.97. The number of nitrogens with zero attached hydrogens (tertiary/aromatic N) is 1. The average molecular weight is 256 g/mol. The molecule has 0 saturated heterocycles. The Kier molecular flexibility index (Phi) is 3.79. The zero-order valence-electron chi connectivity index (χ0n) is 12.6. The molecule has 1 atom stereocenters. The second-order valence-electron chi connectivity index (χ2n) is 6.49. The summed E-state index contributed by atoms with van der Waals surface area (Å²) in [6.07, 6.45) is 0. The summed E-state index contributed by atoms with van der Waals surface area (Å²) in [5.41, 5.74) is 2.58. The van der Waals surface area contributed by atoms with Crippen LogP contribution in [0.25, 0.3) is 10.9 Å². The molecule has 1 aromatic heterocycles. The molecule has 1 N–H and O–H groups in total. The fraction of sp³-hybridized carbons (Fsp3) is 0.471. The summed E-state index contributed by atoms with van der Waals surface area (Å²) < 4.78 is 0. The number of hydrogen-bond acceptors (Lipinski definition) is 2. The third-order valence-electron chi connectivity index (χ3n) is 3.97. The van der Waals surface area contributed by atoms with Gasteiger partial charge in [-0.3, -0.25) is 0 Å². The Balaban J connectivity index is 2.19. The number of nitrogens with one attached hydrogen (secondary N) is 1. The van der Waals surface area contributed by atoms with E-state index in [9.17, 15) is 0 Å². The Bertz CT molecular complexity index is 567. The van der Waals surface area contributed by atoms with Crippen molar-refractivity contribution in [2.24, 2.45) is 11.3 Å². The van der Waals surface area contributed by atoms with Crippen LogP contribution in [-0.4, -0.2) is 11.5 Å². The summed E-state index contributed by atoms with van der Waals surface area (Å²) >= 11 is 0. The zero-order chi connectivity index (χ0) is 14.0. The van der Waals surface area contributed by atoms with Gasteiger partial charge in [-0.25, -0.2) is 4.98 Å². The van der Waals surface area contributed by atoms with Gasteiger partial charge in [-0.05, 0) is 36.0 Å². The Hall–Kier alpha value is -1.57. The molecule has 0 spiro atoms. The molecule has 0 aliphatic rings. The fourth-order valence-corrected chi connectivity index (χ4v) is 1.96. The molecule has 1 heterocycles. The second kappa shape index (κ2) is 5.20. The van der Waals surface area contributed by atoms with Crippen molar-refractivity contribution in [1.29, 1.82) is 0 Å². The Morgan fingerprint density at radius 1 is 1.21 bits per heavy atom. The van der Waals surface area contributed by atoms with Crippen molar-refractivity contribution < 1.29 is 0 Å². The van der Waals surface area contributed by atoms with Crippen LogP contribution in [0.15, 0.2) is 30.3 Å². The molecule has 0 aliphatic heterocycles. The maximum absolute atomic E-state index is 4.72. The molecular formula is C17H24N2. The van der Waals surface area contributed by atoms with Gasteiger partial charge in [0.05, 0.1) is 5.52 Å². The lowest BCUT2D eigenvalue weighted by molar-refractivity contribution is 0.274. The summed E-state index contributed by atoms with van der Waals surface area (Å²) in [5.74, 6) is 1.61. The first kappa shape index (κ1) is 13.9. The van der Waals surface area contributed by atoms with Gasteiger partial charge in [-0.15, -0.1) is 0 Å². The Morgan fingerprint density at radius 3 is 2.58 bits per heavy atom. The highest BCUT2D eigenvalue weighted by Crippen LogP contribution is 2.26. The first-order valence-corrected chi connectivity index (χ1v) is 6.98. The summed E-state index contributed by atoms with van der Waals surface area (Å²) in [5, 5.41) is 4.70. The highest BCUT2D eigenvalue weighted by molar-refractivity contribution is 5.81.